The number of anilines is 1. The molecule has 1 aromatic rings. The molecule has 1 saturated heterocycles. The minimum absolute atomic E-state index is 0.143. The molecule has 1 heterocycles. The van der Waals surface area contributed by atoms with Gasteiger partial charge in [-0.1, -0.05) is 12.5 Å². The molecule has 0 amide bonds. The highest BCUT2D eigenvalue weighted by Gasteiger charge is 2.17. The minimum Gasteiger partial charge on any atom is -0.399 e. The van der Waals surface area contributed by atoms with Crippen LogP contribution in [0.15, 0.2) is 29.2 Å². The molecule has 1 unspecified atom stereocenters. The Balaban J connectivity index is 1.70. The molecule has 1 aliphatic heterocycles. The first-order valence-corrected chi connectivity index (χ1v) is 10.8. The van der Waals surface area contributed by atoms with Gasteiger partial charge in [0.05, 0.1) is 5.75 Å². The molecule has 0 saturated carbocycles. The first-order chi connectivity index (χ1) is 10.1. The fourth-order valence-electron chi connectivity index (χ4n) is 2.13. The maximum Gasteiger partial charge on any atom is 0.212 e. The van der Waals surface area contributed by atoms with Crippen molar-refractivity contribution in [1.29, 1.82) is 0 Å². The first kappa shape index (κ1) is 17.0. The van der Waals surface area contributed by atoms with Crippen LogP contribution in [-0.2, 0) is 10.0 Å². The molecule has 0 aliphatic carbocycles. The number of nitrogens with one attached hydrogen (secondary N) is 1. The van der Waals surface area contributed by atoms with Gasteiger partial charge in [0.2, 0.25) is 10.0 Å². The lowest BCUT2D eigenvalue weighted by Crippen LogP contribution is -2.34. The van der Waals surface area contributed by atoms with Gasteiger partial charge in [-0.3, -0.25) is 0 Å². The Hall–Kier alpha value is -0.370. The number of nitrogen functional groups attached to an aromatic ring is 1. The van der Waals surface area contributed by atoms with Gasteiger partial charge >= 0.3 is 0 Å². The van der Waals surface area contributed by atoms with Crippen molar-refractivity contribution in [3.05, 3.63) is 24.3 Å². The van der Waals surface area contributed by atoms with Crippen LogP contribution in [0.5, 0.6) is 0 Å². The van der Waals surface area contributed by atoms with Crippen LogP contribution in [0.3, 0.4) is 0 Å². The summed E-state index contributed by atoms with van der Waals surface area (Å²) in [6.45, 7) is 0.565. The predicted octanol–water partition coefficient (Wildman–Crippen LogP) is 2.57. The molecule has 7 heteroatoms. The van der Waals surface area contributed by atoms with E-state index in [2.05, 4.69) is 4.72 Å². The van der Waals surface area contributed by atoms with Crippen molar-refractivity contribution >= 4 is 39.2 Å². The number of benzene rings is 1. The van der Waals surface area contributed by atoms with E-state index in [9.17, 15) is 8.42 Å². The van der Waals surface area contributed by atoms with Crippen LogP contribution in [0.1, 0.15) is 19.3 Å². The topological polar surface area (TPSA) is 72.2 Å². The van der Waals surface area contributed by atoms with Crippen molar-refractivity contribution in [3.63, 3.8) is 0 Å². The van der Waals surface area contributed by atoms with Gasteiger partial charge in [0.25, 0.3) is 0 Å². The molecule has 21 heavy (non-hydrogen) atoms. The molecule has 1 atom stereocenters. The van der Waals surface area contributed by atoms with Gasteiger partial charge < -0.3 is 5.73 Å². The van der Waals surface area contributed by atoms with Gasteiger partial charge in [-0.05, 0) is 36.8 Å². The van der Waals surface area contributed by atoms with Gasteiger partial charge in [-0.25, -0.2) is 13.1 Å². The van der Waals surface area contributed by atoms with Gasteiger partial charge in [0.1, 0.15) is 0 Å². The van der Waals surface area contributed by atoms with Gasteiger partial charge in [0, 0.05) is 28.1 Å². The maximum absolute atomic E-state index is 12.0. The highest BCUT2D eigenvalue weighted by Crippen LogP contribution is 2.24. The summed E-state index contributed by atoms with van der Waals surface area (Å²) in [7, 11) is -3.18. The van der Waals surface area contributed by atoms with Crippen LogP contribution < -0.4 is 10.5 Å². The zero-order valence-corrected chi connectivity index (χ0v) is 14.4. The first-order valence-electron chi connectivity index (χ1n) is 7.12. The van der Waals surface area contributed by atoms with Gasteiger partial charge in [-0.15, -0.1) is 11.8 Å². The lowest BCUT2D eigenvalue weighted by Gasteiger charge is -2.21. The molecule has 0 bridgehead atoms. The van der Waals surface area contributed by atoms with Crippen molar-refractivity contribution in [2.24, 2.45) is 0 Å². The van der Waals surface area contributed by atoms with Crippen molar-refractivity contribution < 1.29 is 8.42 Å². The summed E-state index contributed by atoms with van der Waals surface area (Å²) in [4.78, 5) is 1.01. The summed E-state index contributed by atoms with van der Waals surface area (Å²) >= 11 is 3.40. The summed E-state index contributed by atoms with van der Waals surface area (Å²) in [5.41, 5.74) is 6.40. The quantitative estimate of drug-likeness (QED) is 0.586. The number of nitrogens with two attached hydrogens (primary N) is 1. The molecule has 2 rings (SSSR count). The molecular weight excluding hydrogens is 324 g/mol. The van der Waals surface area contributed by atoms with Gasteiger partial charge in [-0.2, -0.15) is 11.8 Å². The Morgan fingerprint density at radius 1 is 1.38 bits per heavy atom. The van der Waals surface area contributed by atoms with E-state index in [1.165, 1.54) is 24.6 Å². The van der Waals surface area contributed by atoms with E-state index in [1.54, 1.807) is 0 Å². The van der Waals surface area contributed by atoms with Crippen LogP contribution in [0.25, 0.3) is 0 Å². The van der Waals surface area contributed by atoms with Crippen molar-refractivity contribution in [3.8, 4) is 0 Å². The van der Waals surface area contributed by atoms with Crippen LogP contribution in [0.4, 0.5) is 5.69 Å². The number of hydrogen-bond donors (Lipinski definition) is 2. The average Bonchev–Trinajstić information content (AvgIpc) is 2.46. The second-order valence-electron chi connectivity index (χ2n) is 5.08. The number of rotatable bonds is 7. The molecule has 1 fully saturated rings. The Morgan fingerprint density at radius 3 is 2.95 bits per heavy atom. The summed E-state index contributed by atoms with van der Waals surface area (Å²) < 4.78 is 26.7. The van der Waals surface area contributed by atoms with Crippen LogP contribution in [0, 0.1) is 0 Å². The van der Waals surface area contributed by atoms with E-state index < -0.39 is 10.0 Å². The van der Waals surface area contributed by atoms with Crippen LogP contribution >= 0.6 is 23.5 Å². The molecular formula is C14H22N2O2S3. The van der Waals surface area contributed by atoms with E-state index in [-0.39, 0.29) is 5.75 Å². The number of sulfonamides is 1. The predicted molar refractivity (Wildman–Crippen MR) is 93.5 cm³/mol. The summed E-state index contributed by atoms with van der Waals surface area (Å²) in [5, 5.41) is 0.440. The van der Waals surface area contributed by atoms with Crippen LogP contribution in [-0.4, -0.2) is 37.5 Å². The second-order valence-corrected chi connectivity index (χ2v) is 9.58. The minimum atomic E-state index is -3.18. The Kier molecular flexibility index (Phi) is 6.73. The van der Waals surface area contributed by atoms with Crippen molar-refractivity contribution in [2.75, 3.05) is 29.5 Å². The Labute approximate surface area is 135 Å². The summed E-state index contributed by atoms with van der Waals surface area (Å²) in [6, 6.07) is 7.51. The third-order valence-corrected chi connectivity index (χ3v) is 7.28. The molecule has 1 aromatic carbocycles. The number of thioether (sulfide) groups is 2. The van der Waals surface area contributed by atoms with Crippen LogP contribution in [0.2, 0.25) is 0 Å². The fraction of sp³-hybridized carbons (Fsp3) is 0.571. The maximum atomic E-state index is 12.0. The van der Waals surface area contributed by atoms with E-state index in [0.29, 0.717) is 23.2 Å². The second kappa shape index (κ2) is 8.31. The summed E-state index contributed by atoms with van der Waals surface area (Å²) in [5.74, 6) is 1.83. The summed E-state index contributed by atoms with van der Waals surface area (Å²) in [6.07, 6.45) is 3.58. The van der Waals surface area contributed by atoms with Gasteiger partial charge in [0.15, 0.2) is 0 Å². The van der Waals surface area contributed by atoms with E-state index in [4.69, 9.17) is 5.73 Å². The zero-order valence-electron chi connectivity index (χ0n) is 12.0. The molecule has 0 spiro atoms. The molecule has 0 aromatic heterocycles. The fourth-order valence-corrected chi connectivity index (χ4v) is 5.92. The van der Waals surface area contributed by atoms with E-state index >= 15 is 0 Å². The highest BCUT2D eigenvalue weighted by molar-refractivity contribution is 8.00. The molecule has 1 aliphatic rings. The lowest BCUT2D eigenvalue weighted by atomic mass is 10.2. The normalized spacial score (nSPS) is 19.5. The molecule has 118 valence electrons. The van der Waals surface area contributed by atoms with Crippen molar-refractivity contribution in [1.82, 2.24) is 4.72 Å². The zero-order chi connectivity index (χ0) is 15.1. The SMILES string of the molecule is Nc1cccc(SCCS(=O)(=O)NCC2CCCCS2)c1. The number of hydrogen-bond acceptors (Lipinski definition) is 5. The standard InChI is InChI=1S/C14H22N2O2S3/c15-12-4-3-6-13(10-12)20-8-9-21(17,18)16-11-14-5-1-2-7-19-14/h3-4,6,10,14,16H,1-2,5,7-9,11,15H2. The van der Waals surface area contributed by atoms with Crippen molar-refractivity contribution in [2.45, 2.75) is 29.4 Å². The largest absolute Gasteiger partial charge is 0.399 e. The lowest BCUT2D eigenvalue weighted by molar-refractivity contribution is 0.575. The molecule has 0 radical (unpaired) electrons. The average molecular weight is 347 g/mol. The Morgan fingerprint density at radius 2 is 2.24 bits per heavy atom. The third kappa shape index (κ3) is 6.50. The molecule has 4 nitrogen and oxygen atoms in total. The highest BCUT2D eigenvalue weighted by atomic mass is 32.2. The smallest absolute Gasteiger partial charge is 0.212 e. The van der Waals surface area contributed by atoms with E-state index in [1.807, 2.05) is 36.0 Å². The molecule has 3 N–H and O–H groups in total. The third-order valence-electron chi connectivity index (χ3n) is 3.28. The monoisotopic (exact) mass is 346 g/mol. The Bertz CT molecular complexity index is 543. The van der Waals surface area contributed by atoms with E-state index in [0.717, 1.165) is 17.1 Å².